The van der Waals surface area contributed by atoms with Crippen LogP contribution >= 0.6 is 11.6 Å². The summed E-state index contributed by atoms with van der Waals surface area (Å²) in [7, 11) is -13.5. The summed E-state index contributed by atoms with van der Waals surface area (Å²) in [5.41, 5.74) is -1.03. The van der Waals surface area contributed by atoms with Gasteiger partial charge in [0.25, 0.3) is 30.4 Å². The normalized spacial score (nSPS) is 12.8. The van der Waals surface area contributed by atoms with E-state index in [2.05, 4.69) is 25.2 Å². The summed E-state index contributed by atoms with van der Waals surface area (Å²) < 4.78 is 109. The van der Waals surface area contributed by atoms with E-state index in [-0.39, 0.29) is 44.9 Å². The second-order valence-electron chi connectivity index (χ2n) is 10.3. The minimum Gasteiger partial charge on any atom is -0.505 e. The van der Waals surface area contributed by atoms with Crippen molar-refractivity contribution >= 4 is 86.5 Å². The summed E-state index contributed by atoms with van der Waals surface area (Å²) >= 11 is 6.03. The first-order valence-corrected chi connectivity index (χ1v) is 18.0. The van der Waals surface area contributed by atoms with Crippen molar-refractivity contribution in [2.24, 2.45) is 10.2 Å². The van der Waals surface area contributed by atoms with Crippen LogP contribution in [0.2, 0.25) is 5.28 Å². The molecule has 0 atom stereocenters. The molecule has 0 unspecified atom stereocenters. The van der Waals surface area contributed by atoms with E-state index >= 15 is 0 Å². The number of nitrogens with zero attached hydrogens (tertiary/aromatic N) is 6. The number of ether oxygens (including phenoxy) is 1. The van der Waals surface area contributed by atoms with Crippen molar-refractivity contribution in [1.82, 2.24) is 15.0 Å². The van der Waals surface area contributed by atoms with E-state index in [9.17, 15) is 44.0 Å². The van der Waals surface area contributed by atoms with Gasteiger partial charge in [-0.25, -0.2) is 0 Å². The van der Waals surface area contributed by atoms with Crippen molar-refractivity contribution in [3.05, 3.63) is 59.9 Å². The molecule has 0 saturated carbocycles. The number of fused-ring (bicyclic) bond motifs is 2. The number of benzene rings is 4. The molecule has 0 fully saturated rings. The van der Waals surface area contributed by atoms with Crippen molar-refractivity contribution < 1.29 is 48.8 Å². The number of hydrogen-bond donors (Lipinski definition) is 4. The predicted octanol–water partition coefficient (Wildman–Crippen LogP) is 5.25. The van der Waals surface area contributed by atoms with Crippen LogP contribution in [0.4, 0.5) is 23.0 Å². The number of aromatic nitrogens is 3. The van der Waals surface area contributed by atoms with E-state index in [4.69, 9.17) is 16.3 Å². The predicted molar refractivity (Wildman–Crippen MR) is 172 cm³/mol. The summed E-state index contributed by atoms with van der Waals surface area (Å²) in [4.78, 5) is 11.1. The summed E-state index contributed by atoms with van der Waals surface area (Å²) in [5.74, 6) is -0.722. The van der Waals surface area contributed by atoms with E-state index in [0.717, 1.165) is 36.4 Å². The molecule has 5 rings (SSSR count). The summed E-state index contributed by atoms with van der Waals surface area (Å²) in [5, 5.41) is 17.9. The molecule has 0 aliphatic rings. The van der Waals surface area contributed by atoms with E-state index < -0.39 is 62.2 Å². The maximum absolute atomic E-state index is 12.5. The Labute approximate surface area is 277 Å². The fraction of sp³-hybridized carbons (Fsp3) is 0.148. The highest BCUT2D eigenvalue weighted by Crippen LogP contribution is 2.44. The van der Waals surface area contributed by atoms with Gasteiger partial charge in [-0.2, -0.15) is 40.2 Å². The van der Waals surface area contributed by atoms with Gasteiger partial charge >= 0.3 is 6.01 Å². The Morgan fingerprint density at radius 1 is 0.792 bits per heavy atom. The van der Waals surface area contributed by atoms with Crippen LogP contribution in [0, 0.1) is 0 Å². The largest absolute Gasteiger partial charge is 0.505 e. The van der Waals surface area contributed by atoms with Gasteiger partial charge in [0, 0.05) is 28.9 Å². The molecule has 0 saturated heterocycles. The topological polar surface area (TPSA) is 259 Å². The van der Waals surface area contributed by atoms with Gasteiger partial charge in [-0.15, -0.1) is 10.2 Å². The molecule has 0 aliphatic carbocycles. The number of halogens is 1. The molecule has 0 amide bonds. The monoisotopic (exact) mass is 738 g/mol. The minimum atomic E-state index is -5.15. The van der Waals surface area contributed by atoms with Crippen LogP contribution in [0.5, 0.6) is 11.8 Å². The molecule has 1 heterocycles. The highest BCUT2D eigenvalue weighted by atomic mass is 35.5. The molecule has 21 heteroatoms. The lowest BCUT2D eigenvalue weighted by molar-refractivity contribution is 0.221. The van der Waals surface area contributed by atoms with Gasteiger partial charge in [-0.1, -0.05) is 18.2 Å². The number of anilines is 2. The number of aromatic hydroxyl groups is 1. The maximum Gasteiger partial charge on any atom is 0.322 e. The molecule has 1 aromatic heterocycles. The Balaban J connectivity index is 1.66. The van der Waals surface area contributed by atoms with Crippen molar-refractivity contribution in [3.63, 3.8) is 0 Å². The molecule has 0 aliphatic heterocycles. The van der Waals surface area contributed by atoms with Crippen LogP contribution < -0.4 is 9.64 Å². The molecule has 4 aromatic carbocycles. The molecule has 0 spiro atoms. The number of phenols is 1. The zero-order chi connectivity index (χ0) is 35.3. The summed E-state index contributed by atoms with van der Waals surface area (Å²) in [6.45, 7) is 3.52. The number of rotatable bonds is 9. The Morgan fingerprint density at radius 3 is 2.08 bits per heavy atom. The Kier molecular flexibility index (Phi) is 9.03. The van der Waals surface area contributed by atoms with Crippen molar-refractivity contribution in [2.45, 2.75) is 34.6 Å². The quantitative estimate of drug-likeness (QED) is 0.111. The molecular weight excluding hydrogens is 716 g/mol. The average molecular weight is 739 g/mol. The third kappa shape index (κ3) is 6.99. The van der Waals surface area contributed by atoms with Gasteiger partial charge in [-0.05, 0) is 67.2 Å². The highest BCUT2D eigenvalue weighted by Gasteiger charge is 2.26. The van der Waals surface area contributed by atoms with E-state index in [1.807, 2.05) is 0 Å². The van der Waals surface area contributed by atoms with E-state index in [1.54, 1.807) is 20.9 Å². The smallest absolute Gasteiger partial charge is 0.322 e. The lowest BCUT2D eigenvalue weighted by Crippen LogP contribution is -2.16. The second kappa shape index (κ2) is 12.5. The Hall–Kier alpha value is -4.57. The average Bonchev–Trinajstić information content (AvgIpc) is 2.97. The molecule has 4 N–H and O–H groups in total. The molecule has 252 valence electrons. The maximum atomic E-state index is 12.5. The van der Waals surface area contributed by atoms with Gasteiger partial charge in [0.1, 0.15) is 26.1 Å². The third-order valence-electron chi connectivity index (χ3n) is 6.66. The number of azo groups is 1. The van der Waals surface area contributed by atoms with Gasteiger partial charge in [-0.3, -0.25) is 13.7 Å². The van der Waals surface area contributed by atoms with Gasteiger partial charge in [0.15, 0.2) is 5.75 Å². The molecule has 5 aromatic rings. The van der Waals surface area contributed by atoms with Gasteiger partial charge in [0.2, 0.25) is 11.2 Å². The van der Waals surface area contributed by atoms with Crippen molar-refractivity contribution in [1.29, 1.82) is 0 Å². The number of hydrogen-bond acceptors (Lipinski definition) is 14. The zero-order valence-electron chi connectivity index (χ0n) is 24.7. The zero-order valence-corrected chi connectivity index (χ0v) is 27.9. The first-order valence-electron chi connectivity index (χ1n) is 13.3. The van der Waals surface area contributed by atoms with Gasteiger partial charge in [0.05, 0.1) is 6.10 Å². The minimum absolute atomic E-state index is 0.0253. The van der Waals surface area contributed by atoms with Crippen LogP contribution in [-0.2, 0) is 30.4 Å². The fourth-order valence-electron chi connectivity index (χ4n) is 4.66. The molecule has 48 heavy (non-hydrogen) atoms. The van der Waals surface area contributed by atoms with Crippen molar-refractivity contribution in [2.75, 3.05) is 11.9 Å². The summed E-state index contributed by atoms with van der Waals surface area (Å²) in [6.07, 6.45) is -0.269. The first kappa shape index (κ1) is 34.8. The highest BCUT2D eigenvalue weighted by molar-refractivity contribution is 7.86. The fourth-order valence-corrected chi connectivity index (χ4v) is 7.00. The molecule has 0 radical (unpaired) electrons. The van der Waals surface area contributed by atoms with E-state index in [0.29, 0.717) is 5.69 Å². The van der Waals surface area contributed by atoms with Gasteiger partial charge < -0.3 is 14.7 Å². The van der Waals surface area contributed by atoms with Crippen molar-refractivity contribution in [3.8, 4) is 11.8 Å². The lowest BCUT2D eigenvalue weighted by Gasteiger charge is -2.19. The Bertz CT molecular complexity index is 2500. The third-order valence-corrected chi connectivity index (χ3v) is 9.55. The first-order chi connectivity index (χ1) is 22.3. The van der Waals surface area contributed by atoms with Crippen LogP contribution in [0.15, 0.2) is 79.5 Å². The molecule has 17 nitrogen and oxygen atoms in total. The molecular formula is C27H23ClN6O11S3. The second-order valence-corrected chi connectivity index (χ2v) is 14.8. The van der Waals surface area contributed by atoms with E-state index in [1.165, 1.54) is 23.1 Å². The van der Waals surface area contributed by atoms with Crippen LogP contribution in [0.3, 0.4) is 0 Å². The summed E-state index contributed by atoms with van der Waals surface area (Å²) in [6, 6.07) is 10.5. The van der Waals surface area contributed by atoms with Crippen LogP contribution in [0.25, 0.3) is 21.5 Å². The van der Waals surface area contributed by atoms with Crippen LogP contribution in [0.1, 0.15) is 13.8 Å². The number of phenolic OH excluding ortho intramolecular Hbond substituents is 1. The SMILES string of the molecule is CC(C)Oc1nc(Cl)nc(N(C)c2ccc3c(O)c(N=Nc4ccc5c(S(=O)(=O)O)cccc5c4S(=O)(=O)O)c(S(=O)(=O)O)cc3c2)n1. The standard InChI is InChI=1S/C27H23ClN6O11S3/c1-13(2)45-27-30-25(28)29-26(31-27)34(3)15-7-8-16-14(11-15)12-21(47(39,40)41)22(23(16)35)33-32-19-10-9-17-18(24(19)48(42,43)44)5-4-6-20(17)46(36,37)38/h4-13,35H,1-3H3,(H,36,37,38)(H,39,40,41)(H,42,43,44). The Morgan fingerprint density at radius 2 is 1.46 bits per heavy atom. The lowest BCUT2D eigenvalue weighted by atomic mass is 10.1. The molecule has 0 bridgehead atoms. The van der Waals surface area contributed by atoms with Crippen LogP contribution in [-0.4, -0.2) is 72.1 Å².